The van der Waals surface area contributed by atoms with E-state index >= 15 is 0 Å². The van der Waals surface area contributed by atoms with Crippen molar-refractivity contribution < 1.29 is 28.8 Å². The van der Waals surface area contributed by atoms with Gasteiger partial charge in [0.05, 0.1) is 16.8 Å². The van der Waals surface area contributed by atoms with Crippen LogP contribution in [0.25, 0.3) is 0 Å². The van der Waals surface area contributed by atoms with Crippen LogP contribution in [0.1, 0.15) is 38.2 Å². The second-order valence-corrected chi connectivity index (χ2v) is 12.8. The number of esters is 1. The highest BCUT2D eigenvalue weighted by atomic mass is 35.5. The maximum absolute atomic E-state index is 14.5. The molecule has 1 heterocycles. The Kier molecular flexibility index (Phi) is 7.06. The van der Waals surface area contributed by atoms with E-state index in [2.05, 4.69) is 0 Å². The molecule has 0 aromatic heterocycles. The van der Waals surface area contributed by atoms with Gasteiger partial charge < -0.3 is 4.74 Å². The zero-order chi connectivity index (χ0) is 32.4. The third kappa shape index (κ3) is 4.22. The van der Waals surface area contributed by atoms with Gasteiger partial charge in [0.2, 0.25) is 17.6 Å². The number of nitrogens with zero attached hydrogens (tertiary/aromatic N) is 2. The summed E-state index contributed by atoms with van der Waals surface area (Å²) in [5.41, 5.74) is 2.82. The quantitative estimate of drug-likeness (QED) is 0.0611. The topological polar surface area (TPSA) is 124 Å². The minimum absolute atomic E-state index is 0.0266. The van der Waals surface area contributed by atoms with E-state index in [1.807, 2.05) is 0 Å². The van der Waals surface area contributed by atoms with Crippen LogP contribution in [0.2, 0.25) is 0 Å². The SMILES string of the molecule is O=C(COC(=O)[C@@H](Cc1ccccc1)N1C(=O)[C@@H]2[C@H](C1=O)C1(Cl)c3ccccc3C2(Cl)c2ccccc21)c1cccc([N+](=O)[O-])c1. The number of ketones is 1. The number of imide groups is 1. The highest BCUT2D eigenvalue weighted by Crippen LogP contribution is 2.69. The van der Waals surface area contributed by atoms with Gasteiger partial charge in [-0.05, 0) is 27.8 Å². The molecule has 2 bridgehead atoms. The van der Waals surface area contributed by atoms with Crippen LogP contribution >= 0.6 is 23.2 Å². The Labute approximate surface area is 272 Å². The molecule has 1 fully saturated rings. The molecule has 4 aliphatic rings. The number of halogens is 2. The van der Waals surface area contributed by atoms with Crippen LogP contribution in [0.4, 0.5) is 5.69 Å². The van der Waals surface area contributed by atoms with Crippen LogP contribution in [-0.2, 0) is 35.3 Å². The number of alkyl halides is 2. The van der Waals surface area contributed by atoms with Crippen LogP contribution in [0, 0.1) is 22.0 Å². The molecule has 0 N–H and O–H groups in total. The fourth-order valence-electron chi connectivity index (χ4n) is 7.22. The van der Waals surface area contributed by atoms with Crippen molar-refractivity contribution in [2.75, 3.05) is 6.61 Å². The summed E-state index contributed by atoms with van der Waals surface area (Å²) in [6.07, 6.45) is -0.0912. The monoisotopic (exact) mass is 654 g/mol. The van der Waals surface area contributed by atoms with Gasteiger partial charge in [0, 0.05) is 24.1 Å². The Bertz CT molecular complexity index is 1840. The molecule has 0 spiro atoms. The molecule has 46 heavy (non-hydrogen) atoms. The van der Waals surface area contributed by atoms with E-state index in [0.29, 0.717) is 27.8 Å². The third-order valence-corrected chi connectivity index (χ3v) is 10.5. The van der Waals surface area contributed by atoms with Crippen molar-refractivity contribution in [1.29, 1.82) is 0 Å². The molecule has 0 saturated carbocycles. The van der Waals surface area contributed by atoms with Crippen molar-refractivity contribution in [2.24, 2.45) is 11.8 Å². The number of carbonyl (C=O) groups excluding carboxylic acids is 4. The minimum Gasteiger partial charge on any atom is -0.456 e. The molecule has 0 unspecified atom stereocenters. The smallest absolute Gasteiger partial charge is 0.330 e. The molecule has 4 aromatic carbocycles. The van der Waals surface area contributed by atoms with Crippen molar-refractivity contribution in [3.05, 3.63) is 147 Å². The normalized spacial score (nSPS) is 24.5. The Morgan fingerprint density at radius 1 is 0.783 bits per heavy atom. The third-order valence-electron chi connectivity index (χ3n) is 9.20. The molecule has 11 heteroatoms. The second-order valence-electron chi connectivity index (χ2n) is 11.6. The van der Waals surface area contributed by atoms with Gasteiger partial charge in [-0.1, -0.05) is 91.0 Å². The number of rotatable bonds is 8. The summed E-state index contributed by atoms with van der Waals surface area (Å²) in [5.74, 6) is -5.25. The number of non-ortho nitro benzene ring substituents is 1. The van der Waals surface area contributed by atoms with E-state index in [9.17, 15) is 29.3 Å². The molecule has 8 rings (SSSR count). The van der Waals surface area contributed by atoms with E-state index < -0.39 is 62.7 Å². The largest absolute Gasteiger partial charge is 0.456 e. The van der Waals surface area contributed by atoms with E-state index in [1.165, 1.54) is 18.2 Å². The summed E-state index contributed by atoms with van der Waals surface area (Å²) in [6.45, 7) is -0.760. The summed E-state index contributed by atoms with van der Waals surface area (Å²) in [5, 5.41) is 11.2. The Hall–Kier alpha value is -4.86. The van der Waals surface area contributed by atoms with E-state index in [4.69, 9.17) is 27.9 Å². The lowest BCUT2D eigenvalue weighted by molar-refractivity contribution is -0.384. The molecule has 3 atom stereocenters. The lowest BCUT2D eigenvalue weighted by Gasteiger charge is -2.54. The highest BCUT2D eigenvalue weighted by molar-refractivity contribution is 6.36. The summed E-state index contributed by atoms with van der Waals surface area (Å²) >= 11 is 15.1. The molecule has 3 aliphatic carbocycles. The summed E-state index contributed by atoms with van der Waals surface area (Å²) in [4.78, 5) is 64.4. The van der Waals surface area contributed by atoms with Gasteiger partial charge in [-0.25, -0.2) is 4.79 Å². The first kappa shape index (κ1) is 29.8. The molecular weight excluding hydrogens is 631 g/mol. The molecule has 2 amide bonds. The number of Topliss-reactive ketones (excluding diaryl/α,β-unsaturated/α-hetero) is 1. The van der Waals surface area contributed by atoms with Crippen molar-refractivity contribution in [2.45, 2.75) is 22.2 Å². The first-order chi connectivity index (χ1) is 22.1. The van der Waals surface area contributed by atoms with Gasteiger partial charge in [-0.2, -0.15) is 0 Å². The molecule has 0 radical (unpaired) electrons. The first-order valence-corrected chi connectivity index (χ1v) is 15.3. The van der Waals surface area contributed by atoms with E-state index in [0.717, 1.165) is 11.0 Å². The molecule has 9 nitrogen and oxygen atoms in total. The fourth-order valence-corrected chi connectivity index (χ4v) is 8.32. The second kappa shape index (κ2) is 10.9. The van der Waals surface area contributed by atoms with E-state index in [1.54, 1.807) is 78.9 Å². The van der Waals surface area contributed by atoms with Gasteiger partial charge in [-0.15, -0.1) is 23.2 Å². The Morgan fingerprint density at radius 3 is 1.78 bits per heavy atom. The number of benzene rings is 4. The van der Waals surface area contributed by atoms with Gasteiger partial charge in [0.25, 0.3) is 5.69 Å². The maximum atomic E-state index is 14.5. The number of likely N-dealkylation sites (tertiary alicyclic amines) is 1. The lowest BCUT2D eigenvalue weighted by atomic mass is 9.54. The summed E-state index contributed by atoms with van der Waals surface area (Å²) < 4.78 is 5.43. The Balaban J connectivity index is 1.27. The van der Waals surface area contributed by atoms with Crippen LogP contribution in [-0.4, -0.2) is 46.0 Å². The van der Waals surface area contributed by atoms with Crippen LogP contribution in [0.15, 0.2) is 103 Å². The van der Waals surface area contributed by atoms with Crippen molar-refractivity contribution in [1.82, 2.24) is 4.90 Å². The molecule has 4 aromatic rings. The van der Waals surface area contributed by atoms with Crippen LogP contribution < -0.4 is 0 Å². The summed E-state index contributed by atoms with van der Waals surface area (Å²) in [6, 6.07) is 26.8. The van der Waals surface area contributed by atoms with Gasteiger partial charge in [0.1, 0.15) is 15.8 Å². The number of nitro groups is 1. The molecule has 230 valence electrons. The predicted octanol–water partition coefficient (Wildman–Crippen LogP) is 5.53. The van der Waals surface area contributed by atoms with Crippen LogP contribution in [0.5, 0.6) is 0 Å². The number of hydrogen-bond acceptors (Lipinski definition) is 7. The van der Waals surface area contributed by atoms with Crippen LogP contribution in [0.3, 0.4) is 0 Å². The molecular formula is C35H24Cl2N2O7. The lowest BCUT2D eigenvalue weighted by Crippen LogP contribution is -2.57. The Morgan fingerprint density at radius 2 is 1.28 bits per heavy atom. The highest BCUT2D eigenvalue weighted by Gasteiger charge is 2.73. The molecule has 1 aliphatic heterocycles. The number of carbonyl (C=O) groups is 4. The number of hydrogen-bond donors (Lipinski definition) is 0. The number of nitro benzene ring substituents is 1. The first-order valence-electron chi connectivity index (χ1n) is 14.5. The average molecular weight is 655 g/mol. The van der Waals surface area contributed by atoms with Crippen molar-refractivity contribution in [3.8, 4) is 0 Å². The zero-order valence-corrected chi connectivity index (χ0v) is 25.5. The van der Waals surface area contributed by atoms with E-state index in [-0.39, 0.29) is 17.7 Å². The summed E-state index contributed by atoms with van der Waals surface area (Å²) in [7, 11) is 0. The van der Waals surface area contributed by atoms with Gasteiger partial charge in [-0.3, -0.25) is 29.4 Å². The molecule has 1 saturated heterocycles. The number of ether oxygens (including phenoxy) is 1. The zero-order valence-electron chi connectivity index (χ0n) is 24.0. The fraction of sp³-hybridized carbons (Fsp3) is 0.200. The van der Waals surface area contributed by atoms with Crippen molar-refractivity contribution >= 4 is 52.5 Å². The average Bonchev–Trinajstić information content (AvgIpc) is 3.35. The van der Waals surface area contributed by atoms with Gasteiger partial charge >= 0.3 is 5.97 Å². The van der Waals surface area contributed by atoms with Crippen molar-refractivity contribution in [3.63, 3.8) is 0 Å². The van der Waals surface area contributed by atoms with Gasteiger partial charge in [0.15, 0.2) is 6.61 Å². The number of amides is 2. The maximum Gasteiger partial charge on any atom is 0.330 e. The standard InChI is InChI=1S/C35H24Cl2N2O7/c36-34-23-13-4-5-14-24(23)35(37,26-16-7-6-15-25(26)34)30-29(34)31(41)38(32(30)42)27(17-20-9-2-1-3-10-20)33(43)46-19-28(40)21-11-8-12-22(18-21)39(44)45/h1-16,18,27,29-30H,17,19H2/t27-,29-,30+,34?,35?/m1/s1. The minimum atomic E-state index is -1.45. The predicted molar refractivity (Wildman–Crippen MR) is 167 cm³/mol.